The van der Waals surface area contributed by atoms with Crippen molar-refractivity contribution in [3.8, 4) is 0 Å². The molecule has 5 heteroatoms. The summed E-state index contributed by atoms with van der Waals surface area (Å²) in [5.41, 5.74) is 3.42. The lowest BCUT2D eigenvalue weighted by Gasteiger charge is -2.01. The van der Waals surface area contributed by atoms with Gasteiger partial charge in [0.25, 0.3) is 0 Å². The summed E-state index contributed by atoms with van der Waals surface area (Å²) in [4.78, 5) is 4.55. The molecule has 1 N–H and O–H groups in total. The first kappa shape index (κ1) is 12.6. The Balaban J connectivity index is 1.66. The molecule has 0 bridgehead atoms. The van der Waals surface area contributed by atoms with Crippen molar-refractivity contribution in [2.45, 2.75) is 32.0 Å². The highest BCUT2D eigenvalue weighted by atomic mass is 15.3. The van der Waals surface area contributed by atoms with Gasteiger partial charge in [0.15, 0.2) is 0 Å². The second kappa shape index (κ2) is 5.00. The summed E-state index contributed by atoms with van der Waals surface area (Å²) < 4.78 is 4.03. The fraction of sp³-hybridized carbons (Fsp3) is 0.375. The number of aryl methyl sites for hydroxylation is 1. The van der Waals surface area contributed by atoms with E-state index in [1.807, 2.05) is 30.2 Å². The molecule has 0 aromatic carbocycles. The Bertz CT molecular complexity index is 766. The van der Waals surface area contributed by atoms with Crippen LogP contribution in [0.2, 0.25) is 0 Å². The van der Waals surface area contributed by atoms with Gasteiger partial charge in [0.1, 0.15) is 5.65 Å². The summed E-state index contributed by atoms with van der Waals surface area (Å²) in [7, 11) is 1.94. The van der Waals surface area contributed by atoms with Crippen LogP contribution in [0.4, 0.5) is 0 Å². The predicted octanol–water partition coefficient (Wildman–Crippen LogP) is 2.07. The SMILES string of the molecule is Cn1ccc(Cn2cc(CNC3CC3)c3cccnc32)n1. The number of hydrogen-bond donors (Lipinski definition) is 1. The molecule has 0 spiro atoms. The van der Waals surface area contributed by atoms with Gasteiger partial charge < -0.3 is 9.88 Å². The van der Waals surface area contributed by atoms with Gasteiger partial charge in [0, 0.05) is 43.6 Å². The van der Waals surface area contributed by atoms with Crippen molar-refractivity contribution in [2.24, 2.45) is 7.05 Å². The zero-order valence-electron chi connectivity index (χ0n) is 12.2. The quantitative estimate of drug-likeness (QED) is 0.779. The van der Waals surface area contributed by atoms with Gasteiger partial charge in [-0.2, -0.15) is 5.10 Å². The fourth-order valence-corrected chi connectivity index (χ4v) is 2.72. The summed E-state index contributed by atoms with van der Waals surface area (Å²) in [6, 6.07) is 6.93. The fourth-order valence-electron chi connectivity index (χ4n) is 2.72. The molecule has 1 fully saturated rings. The Labute approximate surface area is 123 Å². The van der Waals surface area contributed by atoms with Crippen LogP contribution >= 0.6 is 0 Å². The number of hydrogen-bond acceptors (Lipinski definition) is 3. The maximum absolute atomic E-state index is 4.55. The molecule has 4 rings (SSSR count). The minimum absolute atomic E-state index is 0.718. The first-order chi connectivity index (χ1) is 10.3. The Hall–Kier alpha value is -2.14. The van der Waals surface area contributed by atoms with E-state index in [1.54, 1.807) is 0 Å². The molecule has 1 saturated carbocycles. The summed E-state index contributed by atoms with van der Waals surface area (Å²) in [5, 5.41) is 9.28. The number of pyridine rings is 1. The average Bonchev–Trinajstić information content (AvgIpc) is 3.15. The molecule has 3 heterocycles. The zero-order valence-corrected chi connectivity index (χ0v) is 12.2. The zero-order chi connectivity index (χ0) is 14.2. The predicted molar refractivity (Wildman–Crippen MR) is 81.9 cm³/mol. The molecule has 0 amide bonds. The molecule has 108 valence electrons. The van der Waals surface area contributed by atoms with Crippen molar-refractivity contribution in [3.05, 3.63) is 48.0 Å². The Kier molecular flexibility index (Phi) is 3.00. The van der Waals surface area contributed by atoms with Crippen LogP contribution in [0.15, 0.2) is 36.8 Å². The number of fused-ring (bicyclic) bond motifs is 1. The van der Waals surface area contributed by atoms with Crippen LogP contribution in [0.25, 0.3) is 11.0 Å². The van der Waals surface area contributed by atoms with Gasteiger partial charge in [-0.05, 0) is 36.6 Å². The van der Waals surface area contributed by atoms with Crippen molar-refractivity contribution in [1.29, 1.82) is 0 Å². The van der Waals surface area contributed by atoms with E-state index in [9.17, 15) is 0 Å². The van der Waals surface area contributed by atoms with Crippen molar-refractivity contribution in [1.82, 2.24) is 24.6 Å². The third-order valence-electron chi connectivity index (χ3n) is 3.98. The molecular formula is C16H19N5. The van der Waals surface area contributed by atoms with Gasteiger partial charge >= 0.3 is 0 Å². The molecule has 0 saturated heterocycles. The van der Waals surface area contributed by atoms with Gasteiger partial charge in [-0.3, -0.25) is 4.68 Å². The number of nitrogens with one attached hydrogen (secondary N) is 1. The maximum atomic E-state index is 4.55. The number of aromatic nitrogens is 4. The van der Waals surface area contributed by atoms with E-state index in [1.165, 1.54) is 23.8 Å². The molecule has 0 aliphatic heterocycles. The Morgan fingerprint density at radius 3 is 3.00 bits per heavy atom. The van der Waals surface area contributed by atoms with E-state index >= 15 is 0 Å². The van der Waals surface area contributed by atoms with Gasteiger partial charge in [-0.1, -0.05) is 0 Å². The third kappa shape index (κ3) is 2.56. The van der Waals surface area contributed by atoms with E-state index in [0.717, 1.165) is 30.5 Å². The highest BCUT2D eigenvalue weighted by molar-refractivity contribution is 5.80. The highest BCUT2D eigenvalue weighted by Gasteiger charge is 2.21. The molecule has 0 atom stereocenters. The van der Waals surface area contributed by atoms with Gasteiger partial charge in [-0.25, -0.2) is 4.98 Å². The minimum atomic E-state index is 0.718. The van der Waals surface area contributed by atoms with Crippen LogP contribution < -0.4 is 5.32 Å². The summed E-state index contributed by atoms with van der Waals surface area (Å²) in [6.07, 6.45) is 8.66. The normalized spacial score (nSPS) is 14.9. The van der Waals surface area contributed by atoms with Crippen molar-refractivity contribution in [3.63, 3.8) is 0 Å². The molecule has 1 aliphatic rings. The molecule has 0 radical (unpaired) electrons. The molecule has 21 heavy (non-hydrogen) atoms. The topological polar surface area (TPSA) is 47.7 Å². The van der Waals surface area contributed by atoms with E-state index in [4.69, 9.17) is 0 Å². The molecule has 3 aromatic heterocycles. The highest BCUT2D eigenvalue weighted by Crippen LogP contribution is 2.23. The molecule has 3 aromatic rings. The lowest BCUT2D eigenvalue weighted by molar-refractivity contribution is 0.683. The van der Waals surface area contributed by atoms with Crippen LogP contribution in [0, 0.1) is 0 Å². The first-order valence-electron chi connectivity index (χ1n) is 7.44. The second-order valence-corrected chi connectivity index (χ2v) is 5.79. The summed E-state index contributed by atoms with van der Waals surface area (Å²) in [6.45, 7) is 1.68. The van der Waals surface area contributed by atoms with E-state index < -0.39 is 0 Å². The second-order valence-electron chi connectivity index (χ2n) is 5.79. The number of rotatable bonds is 5. The van der Waals surface area contributed by atoms with Gasteiger partial charge in [0.2, 0.25) is 0 Å². The number of nitrogens with zero attached hydrogens (tertiary/aromatic N) is 4. The average molecular weight is 281 g/mol. The lowest BCUT2D eigenvalue weighted by atomic mass is 10.2. The standard InChI is InChI=1S/C16H19N5/c1-20-8-6-14(19-20)11-21-10-12(9-18-13-4-5-13)15-3-2-7-17-16(15)21/h2-3,6-8,10,13,18H,4-5,9,11H2,1H3. The minimum Gasteiger partial charge on any atom is -0.326 e. The van der Waals surface area contributed by atoms with Crippen LogP contribution in [-0.2, 0) is 20.1 Å². The molecule has 5 nitrogen and oxygen atoms in total. The molecule has 1 aliphatic carbocycles. The largest absolute Gasteiger partial charge is 0.326 e. The van der Waals surface area contributed by atoms with Gasteiger partial charge in [0.05, 0.1) is 12.2 Å². The van der Waals surface area contributed by atoms with E-state index in [0.29, 0.717) is 0 Å². The van der Waals surface area contributed by atoms with E-state index in [-0.39, 0.29) is 0 Å². The smallest absolute Gasteiger partial charge is 0.140 e. The molecular weight excluding hydrogens is 262 g/mol. The van der Waals surface area contributed by atoms with Crippen LogP contribution in [0.1, 0.15) is 24.1 Å². The first-order valence-corrected chi connectivity index (χ1v) is 7.44. The van der Waals surface area contributed by atoms with Crippen LogP contribution in [-0.4, -0.2) is 25.4 Å². The Morgan fingerprint density at radius 2 is 2.24 bits per heavy atom. The Morgan fingerprint density at radius 1 is 1.33 bits per heavy atom. The lowest BCUT2D eigenvalue weighted by Crippen LogP contribution is -2.14. The van der Waals surface area contributed by atoms with Crippen molar-refractivity contribution < 1.29 is 0 Å². The monoisotopic (exact) mass is 281 g/mol. The maximum Gasteiger partial charge on any atom is 0.140 e. The van der Waals surface area contributed by atoms with Crippen molar-refractivity contribution >= 4 is 11.0 Å². The van der Waals surface area contributed by atoms with Crippen molar-refractivity contribution in [2.75, 3.05) is 0 Å². The van der Waals surface area contributed by atoms with Crippen LogP contribution in [0.3, 0.4) is 0 Å². The summed E-state index contributed by atoms with van der Waals surface area (Å²) >= 11 is 0. The van der Waals surface area contributed by atoms with Gasteiger partial charge in [-0.15, -0.1) is 0 Å². The third-order valence-corrected chi connectivity index (χ3v) is 3.98. The van der Waals surface area contributed by atoms with Crippen LogP contribution in [0.5, 0.6) is 0 Å². The summed E-state index contributed by atoms with van der Waals surface area (Å²) in [5.74, 6) is 0. The molecule has 0 unspecified atom stereocenters. The van der Waals surface area contributed by atoms with E-state index in [2.05, 4.69) is 38.3 Å².